The van der Waals surface area contributed by atoms with E-state index in [4.69, 9.17) is 9.72 Å². The minimum absolute atomic E-state index is 0.0196. The standard InChI is InChI=1S/C46H58F2N10O6/c1-46(63)17-22-56(23-18-46)36-16-21-57-42(51-36)34(25-49-57)44(61)50-35-27-58(53-39(35)41(47)48)30-10-8-28(9-11-30)26-55-19-14-31(15-20-55)64-24-4-6-29-5-3-7-32-38(45(62)54(2)40(29)32)33-12-13-37(59)52-43(33)60/h3,5,7,16,21,25,27-28,30-31,33,38,41,63H,4,6,8-15,17-20,22-24,26H2,1-2H3,(H,50,61)(H,52,59,60). The molecule has 2 unspecified atom stereocenters. The molecule has 4 amide bonds. The number of rotatable bonds is 13. The third kappa shape index (κ3) is 9.13. The van der Waals surface area contributed by atoms with Crippen molar-refractivity contribution < 1.29 is 37.8 Å². The van der Waals surface area contributed by atoms with Gasteiger partial charge in [0.25, 0.3) is 12.3 Å². The zero-order valence-corrected chi connectivity index (χ0v) is 36.6. The summed E-state index contributed by atoms with van der Waals surface area (Å²) in [4.78, 5) is 62.2. The lowest BCUT2D eigenvalue weighted by Gasteiger charge is -2.36. The van der Waals surface area contributed by atoms with Crippen molar-refractivity contribution in [2.45, 2.75) is 114 Å². The summed E-state index contributed by atoms with van der Waals surface area (Å²) < 4.78 is 38.0. The van der Waals surface area contributed by atoms with Gasteiger partial charge in [-0.1, -0.05) is 18.2 Å². The van der Waals surface area contributed by atoms with Crippen molar-refractivity contribution >= 4 is 46.5 Å². The highest BCUT2D eigenvalue weighted by Crippen LogP contribution is 2.45. The number of piperidine rings is 3. The molecule has 3 saturated heterocycles. The third-order valence-electron chi connectivity index (χ3n) is 14.3. The number of aliphatic hydroxyl groups is 1. The highest BCUT2D eigenvalue weighted by atomic mass is 19.3. The number of aryl methyl sites for hydroxylation is 1. The molecular weight excluding hydrogens is 827 g/mol. The van der Waals surface area contributed by atoms with Crippen molar-refractivity contribution in [1.29, 1.82) is 0 Å². The maximum Gasteiger partial charge on any atom is 0.284 e. The largest absolute Gasteiger partial charge is 0.390 e. The van der Waals surface area contributed by atoms with Crippen LogP contribution in [0.1, 0.15) is 123 Å². The van der Waals surface area contributed by atoms with E-state index in [0.717, 1.165) is 87.8 Å². The predicted molar refractivity (Wildman–Crippen MR) is 233 cm³/mol. The Morgan fingerprint density at radius 1 is 1.03 bits per heavy atom. The Balaban J connectivity index is 0.722. The molecule has 1 saturated carbocycles. The Bertz CT molecular complexity index is 2380. The Labute approximate surface area is 370 Å². The van der Waals surface area contributed by atoms with E-state index in [0.29, 0.717) is 56.3 Å². The molecule has 3 N–H and O–H groups in total. The van der Waals surface area contributed by atoms with E-state index in [1.807, 2.05) is 31.2 Å². The molecule has 4 aromatic rings. The number of likely N-dealkylation sites (N-methyl/N-ethyl adjacent to an activating group) is 1. The van der Waals surface area contributed by atoms with Gasteiger partial charge in [0.15, 0.2) is 11.3 Å². The van der Waals surface area contributed by atoms with Crippen molar-refractivity contribution in [3.63, 3.8) is 0 Å². The second-order valence-corrected chi connectivity index (χ2v) is 18.7. The molecule has 1 aliphatic carbocycles. The van der Waals surface area contributed by atoms with Crippen molar-refractivity contribution in [3.8, 4) is 0 Å². The van der Waals surface area contributed by atoms with Crippen LogP contribution in [0, 0.1) is 11.8 Å². The van der Waals surface area contributed by atoms with Crippen LogP contribution in [0.15, 0.2) is 42.9 Å². The quantitative estimate of drug-likeness (QED) is 0.115. The summed E-state index contributed by atoms with van der Waals surface area (Å²) in [5.74, 6) is -1.33. The molecule has 7 heterocycles. The number of halogens is 2. The number of fused-ring (bicyclic) bond motifs is 2. The fourth-order valence-electron chi connectivity index (χ4n) is 10.5. The molecule has 0 bridgehead atoms. The van der Waals surface area contributed by atoms with Crippen LogP contribution in [0.2, 0.25) is 0 Å². The van der Waals surface area contributed by atoms with Gasteiger partial charge < -0.3 is 29.9 Å². The number of benzene rings is 1. The van der Waals surface area contributed by atoms with Crippen LogP contribution >= 0.6 is 0 Å². The molecule has 4 fully saturated rings. The first-order chi connectivity index (χ1) is 30.8. The summed E-state index contributed by atoms with van der Waals surface area (Å²) in [6.45, 7) is 6.56. The van der Waals surface area contributed by atoms with Crippen LogP contribution in [0.4, 0.5) is 26.0 Å². The van der Waals surface area contributed by atoms with E-state index in [2.05, 4.69) is 30.6 Å². The molecular formula is C46H58F2N10O6. The van der Waals surface area contributed by atoms with Gasteiger partial charge in [0.2, 0.25) is 17.7 Å². The molecule has 0 spiro atoms. The van der Waals surface area contributed by atoms with Gasteiger partial charge in [-0.25, -0.2) is 18.3 Å². The van der Waals surface area contributed by atoms with Crippen LogP contribution in [0.25, 0.3) is 5.65 Å². The van der Waals surface area contributed by atoms with E-state index in [1.54, 1.807) is 22.8 Å². The highest BCUT2D eigenvalue weighted by molar-refractivity contribution is 6.10. The highest BCUT2D eigenvalue weighted by Gasteiger charge is 2.46. The van der Waals surface area contributed by atoms with Crippen LogP contribution in [0.3, 0.4) is 0 Å². The van der Waals surface area contributed by atoms with Crippen molar-refractivity contribution in [2.75, 3.05) is 61.5 Å². The topological polar surface area (TPSA) is 180 Å². The predicted octanol–water partition coefficient (Wildman–Crippen LogP) is 5.42. The lowest BCUT2D eigenvalue weighted by molar-refractivity contribution is -0.139. The summed E-state index contributed by atoms with van der Waals surface area (Å²) in [5.41, 5.74) is 2.07. The van der Waals surface area contributed by atoms with E-state index in [1.165, 1.54) is 16.9 Å². The number of nitrogens with one attached hydrogen (secondary N) is 2. The number of likely N-dealkylation sites (tertiary alicyclic amines) is 1. The monoisotopic (exact) mass is 884 g/mol. The zero-order chi connectivity index (χ0) is 44.7. The number of para-hydroxylation sites is 1. The van der Waals surface area contributed by atoms with Crippen LogP contribution < -0.4 is 20.4 Å². The molecule has 18 heteroatoms. The maximum absolute atomic E-state index is 14.3. The van der Waals surface area contributed by atoms with Gasteiger partial charge in [0.05, 0.1) is 47.2 Å². The molecule has 64 heavy (non-hydrogen) atoms. The molecule has 16 nitrogen and oxygen atoms in total. The lowest BCUT2D eigenvalue weighted by atomic mass is 9.81. The van der Waals surface area contributed by atoms with Crippen LogP contribution in [-0.4, -0.2) is 116 Å². The molecule has 9 rings (SSSR count). The second-order valence-electron chi connectivity index (χ2n) is 18.7. The number of nitrogens with zero attached hydrogens (tertiary/aromatic N) is 8. The zero-order valence-electron chi connectivity index (χ0n) is 36.6. The van der Waals surface area contributed by atoms with Crippen LogP contribution in [-0.2, 0) is 25.5 Å². The van der Waals surface area contributed by atoms with E-state index < -0.39 is 35.5 Å². The summed E-state index contributed by atoms with van der Waals surface area (Å²) in [5, 5.41) is 24.0. The minimum Gasteiger partial charge on any atom is -0.390 e. The average Bonchev–Trinajstić information content (AvgIpc) is 3.97. The normalized spacial score (nSPS) is 24.4. The van der Waals surface area contributed by atoms with E-state index in [9.17, 15) is 33.1 Å². The molecule has 5 aliphatic rings. The van der Waals surface area contributed by atoms with Gasteiger partial charge in [-0.05, 0) is 101 Å². The maximum atomic E-state index is 14.3. The number of amides is 4. The Morgan fingerprint density at radius 2 is 1.80 bits per heavy atom. The second kappa shape index (κ2) is 18.3. The van der Waals surface area contributed by atoms with Gasteiger partial charge in [0.1, 0.15) is 11.4 Å². The summed E-state index contributed by atoms with van der Waals surface area (Å²) >= 11 is 0. The molecule has 0 radical (unpaired) electrons. The number of carbonyl (C=O) groups is 4. The number of aromatic nitrogens is 5. The number of carbonyl (C=O) groups excluding carboxylic acids is 4. The molecule has 4 aliphatic heterocycles. The summed E-state index contributed by atoms with van der Waals surface area (Å²) in [6, 6.07) is 7.68. The van der Waals surface area contributed by atoms with Crippen molar-refractivity contribution in [2.24, 2.45) is 11.8 Å². The smallest absolute Gasteiger partial charge is 0.284 e. The molecule has 2 atom stereocenters. The van der Waals surface area contributed by atoms with Gasteiger partial charge in [0, 0.05) is 65.2 Å². The first-order valence-corrected chi connectivity index (χ1v) is 22.9. The summed E-state index contributed by atoms with van der Waals surface area (Å²) in [7, 11) is 1.76. The number of hydrogen-bond donors (Lipinski definition) is 3. The number of imide groups is 1. The molecule has 1 aromatic carbocycles. The van der Waals surface area contributed by atoms with Gasteiger partial charge in [-0.3, -0.25) is 29.2 Å². The number of hydrogen-bond acceptors (Lipinski definition) is 11. The SMILES string of the molecule is CN1C(=O)C(C2CCC(=O)NC2=O)c2cccc(CCCOC3CCN(CC4CCC(n5cc(NC(=O)c6cnn7ccc(N8CCC(C)(O)CC8)nc67)c(C(F)F)n5)CC4)CC3)c21. The summed E-state index contributed by atoms with van der Waals surface area (Å²) in [6.07, 6.45) is 10.7. The first-order valence-electron chi connectivity index (χ1n) is 22.9. The van der Waals surface area contributed by atoms with E-state index >= 15 is 0 Å². The molecule has 3 aromatic heterocycles. The minimum atomic E-state index is -2.87. The Kier molecular flexibility index (Phi) is 12.5. The molecule has 342 valence electrons. The Morgan fingerprint density at radius 3 is 2.53 bits per heavy atom. The van der Waals surface area contributed by atoms with E-state index in [-0.39, 0.29) is 47.5 Å². The number of ether oxygens (including phenoxy) is 1. The Hall–Kier alpha value is -5.33. The number of alkyl halides is 2. The van der Waals surface area contributed by atoms with Crippen molar-refractivity contribution in [1.82, 2.24) is 34.6 Å². The van der Waals surface area contributed by atoms with Crippen LogP contribution in [0.5, 0.6) is 0 Å². The fraction of sp³-hybridized carbons (Fsp3) is 0.587. The fourth-order valence-corrected chi connectivity index (χ4v) is 10.5. The first kappa shape index (κ1) is 43.9. The number of anilines is 3. The average molecular weight is 885 g/mol. The van der Waals surface area contributed by atoms with Gasteiger partial charge in [-0.2, -0.15) is 10.2 Å². The van der Waals surface area contributed by atoms with Gasteiger partial charge >= 0.3 is 0 Å². The van der Waals surface area contributed by atoms with Crippen molar-refractivity contribution in [3.05, 3.63) is 65.2 Å². The third-order valence-corrected chi connectivity index (χ3v) is 14.3. The lowest BCUT2D eigenvalue weighted by Crippen LogP contribution is -2.44. The van der Waals surface area contributed by atoms with Gasteiger partial charge in [-0.15, -0.1) is 0 Å².